The highest BCUT2D eigenvalue weighted by molar-refractivity contribution is 9.09. The van der Waals surface area contributed by atoms with Crippen LogP contribution in [0.25, 0.3) is 0 Å². The van der Waals surface area contributed by atoms with E-state index in [0.717, 1.165) is 12.2 Å². The molecule has 1 saturated carbocycles. The van der Waals surface area contributed by atoms with Gasteiger partial charge in [-0.3, -0.25) is 0 Å². The van der Waals surface area contributed by atoms with Crippen LogP contribution in [0.15, 0.2) is 18.2 Å². The Hall–Kier alpha value is -0.540. The Morgan fingerprint density at radius 1 is 1.25 bits per heavy atom. The van der Waals surface area contributed by atoms with Crippen LogP contribution in [0.1, 0.15) is 17.5 Å². The van der Waals surface area contributed by atoms with Crippen LogP contribution in [0.5, 0.6) is 5.75 Å². The third kappa shape index (κ3) is 2.25. The molecule has 1 aliphatic rings. The van der Waals surface area contributed by atoms with Gasteiger partial charge >= 0.3 is 0 Å². The highest BCUT2D eigenvalue weighted by Crippen LogP contribution is 2.34. The largest absolute Gasteiger partial charge is 0.488 e. The van der Waals surface area contributed by atoms with Crippen molar-refractivity contribution < 1.29 is 9.47 Å². The van der Waals surface area contributed by atoms with Crippen molar-refractivity contribution in [3.63, 3.8) is 0 Å². The summed E-state index contributed by atoms with van der Waals surface area (Å²) < 4.78 is 11.3. The van der Waals surface area contributed by atoms with E-state index in [1.54, 1.807) is 7.11 Å². The van der Waals surface area contributed by atoms with Crippen molar-refractivity contribution in [1.29, 1.82) is 0 Å². The predicted molar refractivity (Wildman–Crippen MR) is 68.5 cm³/mol. The van der Waals surface area contributed by atoms with Crippen LogP contribution in [0, 0.1) is 13.8 Å². The van der Waals surface area contributed by atoms with Gasteiger partial charge in [-0.15, -0.1) is 0 Å². The molecule has 0 N–H and O–H groups in total. The summed E-state index contributed by atoms with van der Waals surface area (Å²) in [5, 5.41) is 0. The summed E-state index contributed by atoms with van der Waals surface area (Å²) in [5.74, 6) is 0.939. The number of rotatable bonds is 3. The van der Waals surface area contributed by atoms with Crippen molar-refractivity contribution in [2.24, 2.45) is 0 Å². The zero-order chi connectivity index (χ0) is 11.7. The summed E-state index contributed by atoms with van der Waals surface area (Å²) in [4.78, 5) is 0.425. The summed E-state index contributed by atoms with van der Waals surface area (Å²) in [7, 11) is 1.73. The van der Waals surface area contributed by atoms with E-state index in [1.807, 2.05) is 6.07 Å². The van der Waals surface area contributed by atoms with Gasteiger partial charge in [-0.25, -0.2) is 0 Å². The van der Waals surface area contributed by atoms with Gasteiger partial charge in [-0.2, -0.15) is 0 Å². The average molecular weight is 285 g/mol. The van der Waals surface area contributed by atoms with Crippen LogP contribution in [0.2, 0.25) is 0 Å². The van der Waals surface area contributed by atoms with E-state index < -0.39 is 0 Å². The molecule has 1 fully saturated rings. The van der Waals surface area contributed by atoms with Crippen LogP contribution >= 0.6 is 15.9 Å². The van der Waals surface area contributed by atoms with E-state index in [-0.39, 0.29) is 12.2 Å². The summed E-state index contributed by atoms with van der Waals surface area (Å²) in [5.41, 5.74) is 2.56. The molecular weight excluding hydrogens is 268 g/mol. The van der Waals surface area contributed by atoms with Crippen molar-refractivity contribution in [2.45, 2.75) is 37.3 Å². The van der Waals surface area contributed by atoms with Crippen molar-refractivity contribution >= 4 is 15.9 Å². The zero-order valence-electron chi connectivity index (χ0n) is 9.87. The van der Waals surface area contributed by atoms with Gasteiger partial charge in [-0.05, 0) is 37.1 Å². The molecule has 2 rings (SSSR count). The Morgan fingerprint density at radius 3 is 2.56 bits per heavy atom. The van der Waals surface area contributed by atoms with E-state index >= 15 is 0 Å². The molecule has 0 spiro atoms. The highest BCUT2D eigenvalue weighted by Gasteiger charge is 2.41. The fourth-order valence-electron chi connectivity index (χ4n) is 1.90. The first-order chi connectivity index (χ1) is 7.61. The molecular formula is C13H17BrO2. The molecule has 0 aliphatic heterocycles. The molecule has 0 saturated heterocycles. The number of methoxy groups -OCH3 is 1. The molecule has 0 bridgehead atoms. The first kappa shape index (κ1) is 11.9. The molecule has 1 aromatic carbocycles. The van der Waals surface area contributed by atoms with Crippen molar-refractivity contribution in [1.82, 2.24) is 0 Å². The van der Waals surface area contributed by atoms with Gasteiger partial charge in [0.05, 0.1) is 0 Å². The predicted octanol–water partition coefficient (Wildman–Crippen LogP) is 3.23. The second-order valence-electron chi connectivity index (χ2n) is 4.35. The first-order valence-corrected chi connectivity index (χ1v) is 6.44. The smallest absolute Gasteiger partial charge is 0.127 e. The molecule has 1 aromatic rings. The van der Waals surface area contributed by atoms with Gasteiger partial charge in [0.1, 0.15) is 18.0 Å². The number of ether oxygens (including phenoxy) is 2. The lowest BCUT2D eigenvalue weighted by atomic mass is 9.91. The fraction of sp³-hybridized carbons (Fsp3) is 0.538. The number of hydrogen-bond acceptors (Lipinski definition) is 2. The Bertz CT molecular complexity index is 378. The number of hydrogen-bond donors (Lipinski definition) is 0. The van der Waals surface area contributed by atoms with Crippen molar-refractivity contribution in [3.05, 3.63) is 29.3 Å². The summed E-state index contributed by atoms with van der Waals surface area (Å²) >= 11 is 3.56. The fourth-order valence-corrected chi connectivity index (χ4v) is 2.83. The van der Waals surface area contributed by atoms with Gasteiger partial charge in [0, 0.05) is 18.4 Å². The number of halogens is 1. The van der Waals surface area contributed by atoms with Gasteiger partial charge in [0.25, 0.3) is 0 Å². The minimum absolute atomic E-state index is 0.168. The molecule has 88 valence electrons. The Balaban J connectivity index is 2.02. The van der Waals surface area contributed by atoms with Gasteiger partial charge in [-0.1, -0.05) is 22.0 Å². The Morgan fingerprint density at radius 2 is 2.00 bits per heavy atom. The van der Waals surface area contributed by atoms with E-state index in [9.17, 15) is 0 Å². The lowest BCUT2D eigenvalue weighted by molar-refractivity contribution is -0.0545. The van der Waals surface area contributed by atoms with E-state index in [1.165, 1.54) is 11.1 Å². The molecule has 2 nitrogen and oxygen atoms in total. The maximum Gasteiger partial charge on any atom is 0.127 e. The molecule has 16 heavy (non-hydrogen) atoms. The topological polar surface area (TPSA) is 18.5 Å². The van der Waals surface area contributed by atoms with Gasteiger partial charge in [0.15, 0.2) is 0 Å². The lowest BCUT2D eigenvalue weighted by Crippen LogP contribution is -2.51. The van der Waals surface area contributed by atoms with Crippen molar-refractivity contribution in [3.8, 4) is 5.75 Å². The van der Waals surface area contributed by atoms with Gasteiger partial charge in [0.2, 0.25) is 0 Å². The molecule has 3 heteroatoms. The minimum atomic E-state index is 0.168. The summed E-state index contributed by atoms with van der Waals surface area (Å²) in [6, 6.07) is 6.21. The number of alkyl halides is 1. The molecule has 0 radical (unpaired) electrons. The first-order valence-electron chi connectivity index (χ1n) is 5.52. The molecule has 0 amide bonds. The van der Waals surface area contributed by atoms with E-state index in [4.69, 9.17) is 9.47 Å². The zero-order valence-corrected chi connectivity index (χ0v) is 11.5. The molecule has 1 aliphatic carbocycles. The number of aryl methyl sites for hydroxylation is 2. The van der Waals surface area contributed by atoms with Crippen LogP contribution in [0.3, 0.4) is 0 Å². The SMILES string of the molecule is COC1C(Br)CC1Oc1ccc(C)c(C)c1. The maximum atomic E-state index is 5.91. The van der Waals surface area contributed by atoms with E-state index in [0.29, 0.717) is 4.83 Å². The molecule has 0 aromatic heterocycles. The Labute approximate surface area is 105 Å². The van der Waals surface area contributed by atoms with Gasteiger partial charge < -0.3 is 9.47 Å². The van der Waals surface area contributed by atoms with Crippen LogP contribution in [0.4, 0.5) is 0 Å². The highest BCUT2D eigenvalue weighted by atomic mass is 79.9. The monoisotopic (exact) mass is 284 g/mol. The quantitative estimate of drug-likeness (QED) is 0.794. The minimum Gasteiger partial charge on any atom is -0.488 e. The third-order valence-corrected chi connectivity index (χ3v) is 4.11. The van der Waals surface area contributed by atoms with Crippen LogP contribution in [-0.2, 0) is 4.74 Å². The summed E-state index contributed by atoms with van der Waals surface area (Å²) in [6.07, 6.45) is 1.35. The molecule has 0 heterocycles. The van der Waals surface area contributed by atoms with Crippen LogP contribution < -0.4 is 4.74 Å². The summed E-state index contributed by atoms with van der Waals surface area (Å²) in [6.45, 7) is 4.21. The van der Waals surface area contributed by atoms with Crippen molar-refractivity contribution in [2.75, 3.05) is 7.11 Å². The molecule has 3 atom stereocenters. The maximum absolute atomic E-state index is 5.91. The normalized spacial score (nSPS) is 28.6. The second-order valence-corrected chi connectivity index (χ2v) is 5.53. The lowest BCUT2D eigenvalue weighted by Gasteiger charge is -2.40. The average Bonchev–Trinajstić information content (AvgIpc) is 2.23. The van der Waals surface area contributed by atoms with E-state index in [2.05, 4.69) is 41.9 Å². The third-order valence-electron chi connectivity index (χ3n) is 3.22. The standard InChI is InChI=1S/C13H17BrO2/c1-8-4-5-10(6-9(8)2)16-12-7-11(14)13(12)15-3/h4-6,11-13H,7H2,1-3H3. The number of benzene rings is 1. The second kappa shape index (κ2) is 4.76. The Kier molecular flexibility index (Phi) is 3.55. The van der Waals surface area contributed by atoms with Crippen LogP contribution in [-0.4, -0.2) is 24.1 Å². The molecule has 3 unspecified atom stereocenters.